The number of unbranched alkanes of at least 4 members (excludes halogenated alkanes) is 1. The second-order valence-electron chi connectivity index (χ2n) is 3.26. The Balaban J connectivity index is 4.12. The van der Waals surface area contributed by atoms with Crippen molar-refractivity contribution in [2.24, 2.45) is 5.92 Å². The molecule has 0 amide bonds. The minimum absolute atomic E-state index is 0.0909. The van der Waals surface area contributed by atoms with E-state index < -0.39 is 6.29 Å². The first-order valence-electron chi connectivity index (χ1n) is 4.83. The summed E-state index contributed by atoms with van der Waals surface area (Å²) in [4.78, 5) is 10.1. The predicted molar refractivity (Wildman–Crippen MR) is 52.7 cm³/mol. The lowest BCUT2D eigenvalue weighted by Crippen LogP contribution is -2.30. The van der Waals surface area contributed by atoms with Crippen LogP contribution in [0.3, 0.4) is 0 Å². The van der Waals surface area contributed by atoms with Gasteiger partial charge in [-0.3, -0.25) is 10.1 Å². The molecule has 0 rings (SSSR count). The predicted octanol–water partition coefficient (Wildman–Crippen LogP) is 1.69. The van der Waals surface area contributed by atoms with Crippen LogP contribution >= 0.6 is 0 Å². The molecule has 0 heterocycles. The highest BCUT2D eigenvalue weighted by Gasteiger charge is 2.25. The van der Waals surface area contributed by atoms with E-state index in [0.29, 0.717) is 0 Å². The van der Waals surface area contributed by atoms with Gasteiger partial charge in [-0.2, -0.15) is 0 Å². The summed E-state index contributed by atoms with van der Waals surface area (Å²) in [6.07, 6.45) is 2.28. The third-order valence-corrected chi connectivity index (χ3v) is 2.16. The zero-order valence-electron chi connectivity index (χ0n) is 9.06. The number of nitrogens with zero attached hydrogens (tertiary/aromatic N) is 1. The monoisotopic (exact) mass is 205 g/mol. The number of hydrogen-bond acceptors (Lipinski definition) is 4. The quantitative estimate of drug-likeness (QED) is 0.343. The Kier molecular flexibility index (Phi) is 7.32. The van der Waals surface area contributed by atoms with Crippen molar-refractivity contribution in [3.8, 4) is 0 Å². The molecular formula is C9H19NO4. The Morgan fingerprint density at radius 3 is 2.29 bits per heavy atom. The zero-order valence-corrected chi connectivity index (χ0v) is 9.06. The first kappa shape index (κ1) is 13.3. The molecule has 0 bridgehead atoms. The Bertz CT molecular complexity index is 159. The molecule has 0 unspecified atom stereocenters. The molecule has 0 aromatic carbocycles. The average molecular weight is 205 g/mol. The average Bonchev–Trinajstić information content (AvgIpc) is 2.15. The normalized spacial score (nSPS) is 13.1. The third-order valence-electron chi connectivity index (χ3n) is 2.16. The van der Waals surface area contributed by atoms with Crippen molar-refractivity contribution < 1.29 is 14.4 Å². The van der Waals surface area contributed by atoms with Crippen molar-refractivity contribution in [3.63, 3.8) is 0 Å². The lowest BCUT2D eigenvalue weighted by Gasteiger charge is -2.21. The van der Waals surface area contributed by atoms with Gasteiger partial charge in [-0.25, -0.2) is 0 Å². The third kappa shape index (κ3) is 5.14. The van der Waals surface area contributed by atoms with E-state index in [1.54, 1.807) is 0 Å². The van der Waals surface area contributed by atoms with Crippen molar-refractivity contribution in [2.45, 2.75) is 32.5 Å². The number of methoxy groups -OCH3 is 2. The maximum atomic E-state index is 10.4. The van der Waals surface area contributed by atoms with Crippen LogP contribution in [0.5, 0.6) is 0 Å². The van der Waals surface area contributed by atoms with Gasteiger partial charge in [0.1, 0.15) is 0 Å². The van der Waals surface area contributed by atoms with Crippen LogP contribution in [0.2, 0.25) is 0 Å². The molecule has 0 radical (unpaired) electrons. The van der Waals surface area contributed by atoms with Crippen LogP contribution < -0.4 is 0 Å². The van der Waals surface area contributed by atoms with Gasteiger partial charge < -0.3 is 9.47 Å². The molecule has 0 N–H and O–H groups in total. The topological polar surface area (TPSA) is 61.6 Å². The molecule has 0 aliphatic heterocycles. The Morgan fingerprint density at radius 2 is 1.93 bits per heavy atom. The van der Waals surface area contributed by atoms with Gasteiger partial charge in [0.15, 0.2) is 6.29 Å². The number of nitro groups is 1. The molecule has 0 saturated carbocycles. The Hall–Kier alpha value is -0.680. The summed E-state index contributed by atoms with van der Waals surface area (Å²) in [5.41, 5.74) is 0. The number of ether oxygens (including phenoxy) is 2. The number of rotatable bonds is 8. The first-order chi connectivity index (χ1) is 6.65. The van der Waals surface area contributed by atoms with Crippen molar-refractivity contribution >= 4 is 0 Å². The van der Waals surface area contributed by atoms with E-state index in [1.807, 2.05) is 0 Å². The summed E-state index contributed by atoms with van der Waals surface area (Å²) < 4.78 is 10.1. The van der Waals surface area contributed by atoms with Gasteiger partial charge in [-0.1, -0.05) is 19.8 Å². The fraction of sp³-hybridized carbons (Fsp3) is 1.00. The molecule has 0 aliphatic rings. The standard InChI is InChI=1S/C9H19NO4/c1-4-5-6-8(7-10(11)12)9(13-2)14-3/h8-9H,4-7H2,1-3H3/t8-/m1/s1. The van der Waals surface area contributed by atoms with E-state index in [4.69, 9.17) is 9.47 Å². The summed E-state index contributed by atoms with van der Waals surface area (Å²) >= 11 is 0. The van der Waals surface area contributed by atoms with Crippen LogP contribution in [0.15, 0.2) is 0 Å². The largest absolute Gasteiger partial charge is 0.355 e. The van der Waals surface area contributed by atoms with Gasteiger partial charge in [-0.05, 0) is 6.42 Å². The summed E-state index contributed by atoms with van der Waals surface area (Å²) in [6, 6.07) is 0. The van der Waals surface area contributed by atoms with Crippen molar-refractivity contribution in [3.05, 3.63) is 10.1 Å². The Labute approximate surface area is 84.5 Å². The van der Waals surface area contributed by atoms with E-state index in [0.717, 1.165) is 19.3 Å². The summed E-state index contributed by atoms with van der Waals surface area (Å²) in [5.74, 6) is -0.153. The summed E-state index contributed by atoms with van der Waals surface area (Å²) in [5, 5.41) is 10.4. The molecular weight excluding hydrogens is 186 g/mol. The van der Waals surface area contributed by atoms with Crippen LogP contribution in [-0.2, 0) is 9.47 Å². The van der Waals surface area contributed by atoms with Crippen LogP contribution in [-0.4, -0.2) is 32.0 Å². The minimum Gasteiger partial charge on any atom is -0.355 e. The highest BCUT2D eigenvalue weighted by molar-refractivity contribution is 4.61. The van der Waals surface area contributed by atoms with Crippen molar-refractivity contribution in [1.82, 2.24) is 0 Å². The highest BCUT2D eigenvalue weighted by Crippen LogP contribution is 2.16. The first-order valence-corrected chi connectivity index (χ1v) is 4.83. The van der Waals surface area contributed by atoms with E-state index in [-0.39, 0.29) is 17.4 Å². The van der Waals surface area contributed by atoms with Gasteiger partial charge in [0.2, 0.25) is 6.54 Å². The van der Waals surface area contributed by atoms with E-state index >= 15 is 0 Å². The molecule has 5 nitrogen and oxygen atoms in total. The van der Waals surface area contributed by atoms with Crippen LogP contribution in [0.4, 0.5) is 0 Å². The number of hydrogen-bond donors (Lipinski definition) is 0. The maximum absolute atomic E-state index is 10.4. The zero-order chi connectivity index (χ0) is 11.0. The molecule has 5 heteroatoms. The van der Waals surface area contributed by atoms with Gasteiger partial charge in [0, 0.05) is 19.1 Å². The fourth-order valence-corrected chi connectivity index (χ4v) is 1.45. The van der Waals surface area contributed by atoms with Gasteiger partial charge in [0.25, 0.3) is 0 Å². The van der Waals surface area contributed by atoms with Crippen molar-refractivity contribution in [2.75, 3.05) is 20.8 Å². The molecule has 0 aromatic heterocycles. The van der Waals surface area contributed by atoms with Crippen LogP contribution in [0.25, 0.3) is 0 Å². The molecule has 1 atom stereocenters. The van der Waals surface area contributed by atoms with Gasteiger partial charge >= 0.3 is 0 Å². The van der Waals surface area contributed by atoms with Crippen LogP contribution in [0, 0.1) is 16.0 Å². The Morgan fingerprint density at radius 1 is 1.36 bits per heavy atom. The molecule has 84 valence electrons. The molecule has 0 aromatic rings. The fourth-order valence-electron chi connectivity index (χ4n) is 1.45. The second kappa shape index (κ2) is 7.70. The summed E-state index contributed by atoms with van der Waals surface area (Å²) in [6.45, 7) is 1.96. The summed E-state index contributed by atoms with van der Waals surface area (Å²) in [7, 11) is 3.01. The maximum Gasteiger partial charge on any atom is 0.211 e. The lowest BCUT2D eigenvalue weighted by atomic mass is 10.0. The van der Waals surface area contributed by atoms with Gasteiger partial charge in [-0.15, -0.1) is 0 Å². The highest BCUT2D eigenvalue weighted by atomic mass is 16.7. The molecule has 14 heavy (non-hydrogen) atoms. The molecule has 0 spiro atoms. The van der Waals surface area contributed by atoms with E-state index in [9.17, 15) is 10.1 Å². The second-order valence-corrected chi connectivity index (χ2v) is 3.26. The van der Waals surface area contributed by atoms with E-state index in [1.165, 1.54) is 14.2 Å². The smallest absolute Gasteiger partial charge is 0.211 e. The van der Waals surface area contributed by atoms with E-state index in [2.05, 4.69) is 6.92 Å². The lowest BCUT2D eigenvalue weighted by molar-refractivity contribution is -0.494. The molecule has 0 fully saturated rings. The molecule has 0 saturated heterocycles. The SMILES string of the molecule is CCCC[C@H](C[N+](=O)[O-])C(OC)OC. The van der Waals surface area contributed by atoms with Crippen LogP contribution in [0.1, 0.15) is 26.2 Å². The molecule has 0 aliphatic carbocycles. The van der Waals surface area contributed by atoms with Gasteiger partial charge in [0.05, 0.1) is 5.92 Å². The minimum atomic E-state index is -0.466. The van der Waals surface area contributed by atoms with Crippen molar-refractivity contribution in [1.29, 1.82) is 0 Å².